The van der Waals surface area contributed by atoms with Crippen LogP contribution in [0.15, 0.2) is 12.1 Å². The highest BCUT2D eigenvalue weighted by Gasteiger charge is 2.32. The van der Waals surface area contributed by atoms with Gasteiger partial charge in [0, 0.05) is 24.8 Å². The fourth-order valence-corrected chi connectivity index (χ4v) is 3.26. The second-order valence-electron chi connectivity index (χ2n) is 6.51. The van der Waals surface area contributed by atoms with Crippen molar-refractivity contribution >= 4 is 5.97 Å². The Kier molecular flexibility index (Phi) is 5.92. The van der Waals surface area contributed by atoms with Crippen molar-refractivity contribution in [2.75, 3.05) is 21.3 Å². The zero-order valence-corrected chi connectivity index (χ0v) is 16.5. The summed E-state index contributed by atoms with van der Waals surface area (Å²) in [5.74, 6) is 0.0358. The summed E-state index contributed by atoms with van der Waals surface area (Å²) in [7, 11) is 6.73. The van der Waals surface area contributed by atoms with Crippen molar-refractivity contribution in [1.82, 2.24) is 14.7 Å². The number of rotatable bonds is 7. The average Bonchev–Trinajstić information content (AvgIpc) is 2.81. The molecular formula is C19H27N3O4. The first kappa shape index (κ1) is 19.8. The van der Waals surface area contributed by atoms with Crippen LogP contribution < -0.4 is 9.47 Å². The van der Waals surface area contributed by atoms with Gasteiger partial charge in [-0.1, -0.05) is 0 Å². The number of ether oxygens (including phenoxy) is 2. The summed E-state index contributed by atoms with van der Waals surface area (Å²) in [6.07, 6.45) is 0. The second-order valence-corrected chi connectivity index (χ2v) is 6.51. The zero-order valence-electron chi connectivity index (χ0n) is 16.5. The number of hydrogen-bond acceptors (Lipinski definition) is 5. The molecule has 7 nitrogen and oxygen atoms in total. The summed E-state index contributed by atoms with van der Waals surface area (Å²) in [4.78, 5) is 13.9. The fourth-order valence-electron chi connectivity index (χ4n) is 3.26. The minimum atomic E-state index is -0.966. The van der Waals surface area contributed by atoms with Gasteiger partial charge in [0.2, 0.25) is 0 Å². The molecule has 0 saturated heterocycles. The summed E-state index contributed by atoms with van der Waals surface area (Å²) in [6.45, 7) is 6.27. The molecule has 142 valence electrons. The number of likely N-dealkylation sites (N-methyl/N-ethyl adjacent to an activating group) is 1. The summed E-state index contributed by atoms with van der Waals surface area (Å²) < 4.78 is 12.7. The number of carboxylic acids is 1. The van der Waals surface area contributed by atoms with Gasteiger partial charge in [-0.2, -0.15) is 5.10 Å². The summed E-state index contributed by atoms with van der Waals surface area (Å²) in [5, 5.41) is 14.4. The monoisotopic (exact) mass is 361 g/mol. The average molecular weight is 361 g/mol. The summed E-state index contributed by atoms with van der Waals surface area (Å²) >= 11 is 0. The Morgan fingerprint density at radius 1 is 1.23 bits per heavy atom. The molecule has 0 aliphatic carbocycles. The predicted molar refractivity (Wildman–Crippen MR) is 98.8 cm³/mol. The van der Waals surface area contributed by atoms with Crippen molar-refractivity contribution in [3.05, 3.63) is 40.2 Å². The Bertz CT molecular complexity index is 788. The molecule has 0 amide bonds. The van der Waals surface area contributed by atoms with Crippen molar-refractivity contribution in [2.24, 2.45) is 7.05 Å². The Morgan fingerprint density at radius 3 is 2.15 bits per heavy atom. The molecule has 0 aliphatic heterocycles. The normalized spacial score (nSPS) is 12.3. The number of methoxy groups -OCH3 is 2. The van der Waals surface area contributed by atoms with E-state index in [0.717, 1.165) is 22.5 Å². The number of aliphatic carboxylic acids is 1. The molecule has 0 aliphatic rings. The van der Waals surface area contributed by atoms with E-state index in [-0.39, 0.29) is 0 Å². The van der Waals surface area contributed by atoms with Gasteiger partial charge in [-0.3, -0.25) is 14.4 Å². The van der Waals surface area contributed by atoms with Crippen molar-refractivity contribution in [3.63, 3.8) is 0 Å². The molecule has 1 N–H and O–H groups in total. The molecule has 26 heavy (non-hydrogen) atoms. The van der Waals surface area contributed by atoms with Crippen LogP contribution in [0.1, 0.15) is 34.1 Å². The van der Waals surface area contributed by atoms with Gasteiger partial charge in [-0.05, 0) is 45.5 Å². The Hall–Kier alpha value is -2.54. The molecule has 0 unspecified atom stereocenters. The number of benzene rings is 1. The molecule has 1 heterocycles. The van der Waals surface area contributed by atoms with Gasteiger partial charge >= 0.3 is 5.97 Å². The van der Waals surface area contributed by atoms with Crippen LogP contribution in [0.2, 0.25) is 0 Å². The van der Waals surface area contributed by atoms with Crippen LogP contribution in [0.5, 0.6) is 11.5 Å². The third-order valence-electron chi connectivity index (χ3n) is 4.70. The zero-order chi connectivity index (χ0) is 19.6. The first-order valence-electron chi connectivity index (χ1n) is 8.35. The second kappa shape index (κ2) is 7.78. The van der Waals surface area contributed by atoms with E-state index in [1.165, 1.54) is 14.2 Å². The quantitative estimate of drug-likeness (QED) is 0.817. The maximum Gasteiger partial charge on any atom is 0.325 e. The van der Waals surface area contributed by atoms with E-state index in [2.05, 4.69) is 5.10 Å². The molecule has 0 radical (unpaired) electrons. The molecule has 1 aromatic heterocycles. The minimum Gasteiger partial charge on any atom is -0.496 e. The molecular weight excluding hydrogens is 334 g/mol. The lowest BCUT2D eigenvalue weighted by Crippen LogP contribution is -2.31. The maximum atomic E-state index is 12.2. The van der Waals surface area contributed by atoms with Gasteiger partial charge in [-0.15, -0.1) is 0 Å². The van der Waals surface area contributed by atoms with Crippen molar-refractivity contribution in [2.45, 2.75) is 33.4 Å². The molecule has 0 spiro atoms. The van der Waals surface area contributed by atoms with E-state index >= 15 is 0 Å². The highest BCUT2D eigenvalue weighted by atomic mass is 16.5. The number of hydrogen-bond donors (Lipinski definition) is 1. The first-order chi connectivity index (χ1) is 12.2. The van der Waals surface area contributed by atoms with E-state index < -0.39 is 12.0 Å². The van der Waals surface area contributed by atoms with E-state index in [4.69, 9.17) is 9.47 Å². The smallest absolute Gasteiger partial charge is 0.325 e. The molecule has 0 saturated carbocycles. The Labute approximate surface area is 154 Å². The molecule has 2 aromatic rings. The minimum absolute atomic E-state index is 0.447. The largest absolute Gasteiger partial charge is 0.496 e. The number of carboxylic acid groups (broad SMARTS) is 1. The van der Waals surface area contributed by atoms with Gasteiger partial charge in [0.1, 0.15) is 17.5 Å². The van der Waals surface area contributed by atoms with E-state index in [0.29, 0.717) is 23.6 Å². The maximum absolute atomic E-state index is 12.2. The van der Waals surface area contributed by atoms with E-state index in [1.54, 1.807) is 16.6 Å². The first-order valence-corrected chi connectivity index (χ1v) is 8.35. The lowest BCUT2D eigenvalue weighted by atomic mass is 10.00. The third-order valence-corrected chi connectivity index (χ3v) is 4.70. The topological polar surface area (TPSA) is 76.8 Å². The predicted octanol–water partition coefficient (Wildman–Crippen LogP) is 2.62. The van der Waals surface area contributed by atoms with Crippen molar-refractivity contribution in [1.29, 1.82) is 0 Å². The van der Waals surface area contributed by atoms with Crippen LogP contribution >= 0.6 is 0 Å². The highest BCUT2D eigenvalue weighted by molar-refractivity contribution is 5.78. The van der Waals surface area contributed by atoms with Crippen LogP contribution in [0.4, 0.5) is 0 Å². The van der Waals surface area contributed by atoms with Crippen LogP contribution in [0, 0.1) is 20.8 Å². The van der Waals surface area contributed by atoms with Gasteiger partial charge in [-0.25, -0.2) is 0 Å². The highest BCUT2D eigenvalue weighted by Crippen LogP contribution is 2.38. The number of carbonyl (C=O) groups is 1. The van der Waals surface area contributed by atoms with Gasteiger partial charge in [0.25, 0.3) is 0 Å². The lowest BCUT2D eigenvalue weighted by molar-refractivity contribution is -0.143. The standard InChI is InChI=1S/C19H27N3O4/c1-11-8-15(25-6)17(16(9-11)26-7)18(19(23)24)21(4)10-14-12(2)20-22(5)13(14)3/h8-9,18H,10H2,1-7H3,(H,23,24)/t18-/m0/s1. The van der Waals surface area contributed by atoms with Crippen LogP contribution in [-0.2, 0) is 18.4 Å². The van der Waals surface area contributed by atoms with Gasteiger partial charge in [0.05, 0.1) is 25.5 Å². The van der Waals surface area contributed by atoms with Crippen LogP contribution in [0.25, 0.3) is 0 Å². The SMILES string of the molecule is COc1cc(C)cc(OC)c1[C@@H](C(=O)O)N(C)Cc1c(C)nn(C)c1C. The van der Waals surface area contributed by atoms with Gasteiger partial charge < -0.3 is 14.6 Å². The molecule has 0 bridgehead atoms. The van der Waals surface area contributed by atoms with Gasteiger partial charge in [0.15, 0.2) is 0 Å². The third kappa shape index (κ3) is 3.67. The van der Waals surface area contributed by atoms with E-state index in [1.807, 2.05) is 40.0 Å². The number of nitrogens with zero attached hydrogens (tertiary/aromatic N) is 3. The summed E-state index contributed by atoms with van der Waals surface area (Å²) in [6, 6.07) is 2.73. The van der Waals surface area contributed by atoms with Crippen LogP contribution in [-0.4, -0.2) is 47.0 Å². The Balaban J connectivity index is 2.51. The lowest BCUT2D eigenvalue weighted by Gasteiger charge is -2.28. The molecule has 2 rings (SSSR count). The molecule has 1 atom stereocenters. The molecule has 7 heteroatoms. The number of aromatic nitrogens is 2. The molecule has 1 aromatic carbocycles. The molecule has 0 fully saturated rings. The van der Waals surface area contributed by atoms with E-state index in [9.17, 15) is 9.90 Å². The van der Waals surface area contributed by atoms with Crippen LogP contribution in [0.3, 0.4) is 0 Å². The van der Waals surface area contributed by atoms with Crippen molar-refractivity contribution in [3.8, 4) is 11.5 Å². The number of aryl methyl sites for hydroxylation is 3. The summed E-state index contributed by atoms with van der Waals surface area (Å²) in [5.41, 5.74) is 4.37. The van der Waals surface area contributed by atoms with Crippen molar-refractivity contribution < 1.29 is 19.4 Å². The fraction of sp³-hybridized carbons (Fsp3) is 0.474. The Morgan fingerprint density at radius 2 is 1.77 bits per heavy atom.